The lowest BCUT2D eigenvalue weighted by molar-refractivity contribution is -0.145. The van der Waals surface area contributed by atoms with Crippen LogP contribution in [0.4, 0.5) is 0 Å². The number of amides is 1. The quantitative estimate of drug-likeness (QED) is 0.817. The minimum atomic E-state index is -0.822. The molecule has 1 aliphatic heterocycles. The lowest BCUT2D eigenvalue weighted by atomic mass is 10.1. The Kier molecular flexibility index (Phi) is 5.35. The van der Waals surface area contributed by atoms with Crippen LogP contribution in [0.1, 0.15) is 53.4 Å². The lowest BCUT2D eigenvalue weighted by Crippen LogP contribution is -2.55. The van der Waals surface area contributed by atoms with Crippen molar-refractivity contribution in [3.8, 4) is 0 Å². The molecule has 2 atom stereocenters. The molecule has 1 heterocycles. The van der Waals surface area contributed by atoms with Crippen molar-refractivity contribution >= 4 is 11.9 Å². The minimum Gasteiger partial charge on any atom is -0.480 e. The first kappa shape index (κ1) is 16.0. The van der Waals surface area contributed by atoms with Crippen molar-refractivity contribution in [2.75, 3.05) is 6.54 Å². The molecule has 5 nitrogen and oxygen atoms in total. The summed E-state index contributed by atoms with van der Waals surface area (Å²) in [6.07, 6.45) is 3.54. The van der Waals surface area contributed by atoms with Gasteiger partial charge in [0.15, 0.2) is 0 Å². The maximum Gasteiger partial charge on any atom is 0.320 e. The van der Waals surface area contributed by atoms with Gasteiger partial charge in [-0.3, -0.25) is 14.5 Å². The summed E-state index contributed by atoms with van der Waals surface area (Å²) in [6.45, 7) is 8.25. The Morgan fingerprint density at radius 1 is 1.26 bits per heavy atom. The van der Waals surface area contributed by atoms with Crippen LogP contribution in [0.15, 0.2) is 0 Å². The third-order valence-corrected chi connectivity index (χ3v) is 3.45. The number of hydrogen-bond donors (Lipinski definition) is 2. The van der Waals surface area contributed by atoms with Gasteiger partial charge in [-0.2, -0.15) is 0 Å². The molecule has 0 spiro atoms. The van der Waals surface area contributed by atoms with Gasteiger partial charge in [-0.25, -0.2) is 0 Å². The molecule has 1 fully saturated rings. The van der Waals surface area contributed by atoms with Crippen molar-refractivity contribution in [3.05, 3.63) is 0 Å². The summed E-state index contributed by atoms with van der Waals surface area (Å²) >= 11 is 0. The van der Waals surface area contributed by atoms with Gasteiger partial charge in [-0.05, 0) is 47.1 Å². The van der Waals surface area contributed by atoms with Gasteiger partial charge in [-0.1, -0.05) is 12.8 Å². The number of carbonyl (C=O) groups is 2. The molecule has 1 rings (SSSR count). The first-order chi connectivity index (χ1) is 8.72. The third kappa shape index (κ3) is 4.82. The Balaban J connectivity index is 2.78. The number of carboxylic acids is 1. The molecule has 5 heteroatoms. The maximum atomic E-state index is 12.2. The zero-order chi connectivity index (χ0) is 14.6. The predicted octanol–water partition coefficient (Wildman–Crippen LogP) is 1.62. The summed E-state index contributed by atoms with van der Waals surface area (Å²) in [5.74, 6) is -0.919. The number of hydrogen-bond acceptors (Lipinski definition) is 3. The molecule has 2 N–H and O–H groups in total. The number of rotatable bonds is 3. The highest BCUT2D eigenvalue weighted by atomic mass is 16.4. The zero-order valence-corrected chi connectivity index (χ0v) is 12.4. The van der Waals surface area contributed by atoms with Crippen LogP contribution in [0.5, 0.6) is 0 Å². The second-order valence-electron chi connectivity index (χ2n) is 6.36. The minimum absolute atomic E-state index is 0.0966. The van der Waals surface area contributed by atoms with Crippen LogP contribution < -0.4 is 5.32 Å². The first-order valence-electron chi connectivity index (χ1n) is 7.03. The van der Waals surface area contributed by atoms with Crippen LogP contribution in [0, 0.1) is 0 Å². The van der Waals surface area contributed by atoms with Gasteiger partial charge < -0.3 is 10.4 Å². The van der Waals surface area contributed by atoms with E-state index in [1.165, 1.54) is 0 Å². The molecular formula is C14H26N2O3. The first-order valence-corrected chi connectivity index (χ1v) is 7.03. The van der Waals surface area contributed by atoms with Crippen molar-refractivity contribution in [3.63, 3.8) is 0 Å². The van der Waals surface area contributed by atoms with E-state index in [1.807, 2.05) is 25.7 Å². The van der Waals surface area contributed by atoms with Crippen LogP contribution in [0.25, 0.3) is 0 Å². The number of carbonyl (C=O) groups excluding carboxylic acids is 1. The molecule has 0 aliphatic carbocycles. The van der Waals surface area contributed by atoms with E-state index in [9.17, 15) is 14.7 Å². The van der Waals surface area contributed by atoms with Crippen LogP contribution in [0.3, 0.4) is 0 Å². The average Bonchev–Trinajstić information content (AvgIpc) is 2.50. The Bertz CT molecular complexity index is 336. The van der Waals surface area contributed by atoms with E-state index in [2.05, 4.69) is 5.32 Å². The number of nitrogens with one attached hydrogen (secondary N) is 1. The van der Waals surface area contributed by atoms with Crippen LogP contribution in [-0.2, 0) is 9.59 Å². The molecule has 0 bridgehead atoms. The van der Waals surface area contributed by atoms with Crippen LogP contribution >= 0.6 is 0 Å². The fourth-order valence-corrected chi connectivity index (χ4v) is 2.48. The van der Waals surface area contributed by atoms with E-state index >= 15 is 0 Å². The molecule has 0 aromatic heterocycles. The van der Waals surface area contributed by atoms with Gasteiger partial charge in [0.2, 0.25) is 5.91 Å². The van der Waals surface area contributed by atoms with E-state index in [4.69, 9.17) is 0 Å². The highest BCUT2D eigenvalue weighted by Crippen LogP contribution is 2.20. The Morgan fingerprint density at radius 2 is 1.89 bits per heavy atom. The van der Waals surface area contributed by atoms with E-state index in [1.54, 1.807) is 6.92 Å². The highest BCUT2D eigenvalue weighted by Gasteiger charge is 2.34. The molecule has 0 aromatic carbocycles. The lowest BCUT2D eigenvalue weighted by Gasteiger charge is -2.33. The van der Waals surface area contributed by atoms with Gasteiger partial charge in [0.25, 0.3) is 0 Å². The van der Waals surface area contributed by atoms with Crippen molar-refractivity contribution in [2.24, 2.45) is 0 Å². The molecule has 19 heavy (non-hydrogen) atoms. The normalized spacial score (nSPS) is 23.5. The van der Waals surface area contributed by atoms with Gasteiger partial charge in [0, 0.05) is 5.54 Å². The summed E-state index contributed by atoms with van der Waals surface area (Å²) in [7, 11) is 0. The van der Waals surface area contributed by atoms with Gasteiger partial charge in [0.1, 0.15) is 6.04 Å². The summed E-state index contributed by atoms with van der Waals surface area (Å²) < 4.78 is 0. The summed E-state index contributed by atoms with van der Waals surface area (Å²) in [4.78, 5) is 25.4. The summed E-state index contributed by atoms with van der Waals surface area (Å²) in [6, 6.07) is -0.943. The number of carboxylic acid groups (broad SMARTS) is 1. The molecule has 1 saturated heterocycles. The van der Waals surface area contributed by atoms with Gasteiger partial charge >= 0.3 is 5.97 Å². The van der Waals surface area contributed by atoms with E-state index in [0.717, 1.165) is 19.3 Å². The topological polar surface area (TPSA) is 69.6 Å². The molecular weight excluding hydrogens is 244 g/mol. The molecule has 110 valence electrons. The average molecular weight is 270 g/mol. The van der Waals surface area contributed by atoms with Crippen LogP contribution in [0.2, 0.25) is 0 Å². The van der Waals surface area contributed by atoms with E-state index < -0.39 is 18.1 Å². The second kappa shape index (κ2) is 6.37. The smallest absolute Gasteiger partial charge is 0.320 e. The van der Waals surface area contributed by atoms with Crippen molar-refractivity contribution in [1.29, 1.82) is 0 Å². The maximum absolute atomic E-state index is 12.2. The fourth-order valence-electron chi connectivity index (χ4n) is 2.48. The number of nitrogens with zero attached hydrogens (tertiary/aromatic N) is 1. The summed E-state index contributed by atoms with van der Waals surface area (Å²) in [5.41, 5.74) is -0.296. The Morgan fingerprint density at radius 3 is 2.42 bits per heavy atom. The predicted molar refractivity (Wildman–Crippen MR) is 74.0 cm³/mol. The molecule has 0 saturated carbocycles. The Labute approximate surface area is 115 Å². The Hall–Kier alpha value is -1.10. The van der Waals surface area contributed by atoms with Crippen molar-refractivity contribution in [2.45, 2.75) is 71.0 Å². The SMILES string of the molecule is CC(C(=O)NC(C)(C)C)N1CCCCCC1C(=O)O. The number of likely N-dealkylation sites (tertiary alicyclic amines) is 1. The molecule has 2 unspecified atom stereocenters. The third-order valence-electron chi connectivity index (χ3n) is 3.45. The number of aliphatic carboxylic acids is 1. The molecule has 1 aliphatic rings. The van der Waals surface area contributed by atoms with Crippen molar-refractivity contribution < 1.29 is 14.7 Å². The molecule has 0 radical (unpaired) electrons. The largest absolute Gasteiger partial charge is 0.480 e. The zero-order valence-electron chi connectivity index (χ0n) is 12.4. The van der Waals surface area contributed by atoms with Gasteiger partial charge in [0.05, 0.1) is 6.04 Å². The monoisotopic (exact) mass is 270 g/mol. The highest BCUT2D eigenvalue weighted by molar-refractivity contribution is 5.83. The van der Waals surface area contributed by atoms with Crippen molar-refractivity contribution in [1.82, 2.24) is 10.2 Å². The summed E-state index contributed by atoms with van der Waals surface area (Å²) in [5, 5.41) is 12.2. The molecule has 0 aromatic rings. The standard InChI is InChI=1S/C14H26N2O3/c1-10(12(17)15-14(2,3)4)16-9-7-5-6-8-11(16)13(18)19/h10-11H,5-9H2,1-4H3,(H,15,17)(H,18,19). The second-order valence-corrected chi connectivity index (χ2v) is 6.36. The van der Waals surface area contributed by atoms with Crippen LogP contribution in [-0.4, -0.2) is 46.1 Å². The molecule has 1 amide bonds. The van der Waals surface area contributed by atoms with E-state index in [0.29, 0.717) is 13.0 Å². The fraction of sp³-hybridized carbons (Fsp3) is 0.857. The van der Waals surface area contributed by atoms with Gasteiger partial charge in [-0.15, -0.1) is 0 Å². The van der Waals surface area contributed by atoms with E-state index in [-0.39, 0.29) is 11.4 Å².